The first-order valence-corrected chi connectivity index (χ1v) is 9.63. The van der Waals surface area contributed by atoms with Gasteiger partial charge in [0.15, 0.2) is 0 Å². The Morgan fingerprint density at radius 2 is 1.67 bits per heavy atom. The van der Waals surface area contributed by atoms with E-state index < -0.39 is 15.8 Å². The van der Waals surface area contributed by atoms with Gasteiger partial charge >= 0.3 is 0 Å². The third-order valence-corrected chi connectivity index (χ3v) is 5.73. The highest BCUT2D eigenvalue weighted by atomic mass is 32.2. The molecule has 0 bridgehead atoms. The van der Waals surface area contributed by atoms with Crippen molar-refractivity contribution in [2.75, 3.05) is 24.5 Å². The number of hydrogen-bond acceptors (Lipinski definition) is 3. The van der Waals surface area contributed by atoms with E-state index in [-0.39, 0.29) is 11.4 Å². The number of sulfonamides is 1. The second-order valence-corrected chi connectivity index (χ2v) is 7.67. The molecule has 1 saturated heterocycles. The maximum absolute atomic E-state index is 13.6. The first kappa shape index (κ1) is 16.9. The van der Waals surface area contributed by atoms with Crippen molar-refractivity contribution in [2.24, 2.45) is 0 Å². The lowest BCUT2D eigenvalue weighted by Crippen LogP contribution is -2.26. The molecule has 1 heterocycles. The van der Waals surface area contributed by atoms with Crippen LogP contribution in [0.4, 0.5) is 10.1 Å². The van der Waals surface area contributed by atoms with Crippen molar-refractivity contribution < 1.29 is 12.8 Å². The van der Waals surface area contributed by atoms with E-state index in [0.717, 1.165) is 24.7 Å². The molecule has 0 radical (unpaired) electrons. The van der Waals surface area contributed by atoms with Gasteiger partial charge in [-0.3, -0.25) is 0 Å². The minimum Gasteiger partial charge on any atom is -0.372 e. The molecule has 0 amide bonds. The van der Waals surface area contributed by atoms with Crippen LogP contribution in [-0.2, 0) is 16.4 Å². The third kappa shape index (κ3) is 3.94. The molecule has 128 valence electrons. The maximum Gasteiger partial charge on any atom is 0.243 e. The molecule has 24 heavy (non-hydrogen) atoms. The second kappa shape index (κ2) is 7.32. The van der Waals surface area contributed by atoms with E-state index in [9.17, 15) is 12.8 Å². The predicted octanol–water partition coefficient (Wildman–Crippen LogP) is 2.95. The Morgan fingerprint density at radius 1 is 1.00 bits per heavy atom. The van der Waals surface area contributed by atoms with Crippen molar-refractivity contribution in [3.05, 3.63) is 59.9 Å². The number of anilines is 1. The first-order chi connectivity index (χ1) is 11.6. The number of rotatable bonds is 6. The Morgan fingerprint density at radius 3 is 2.33 bits per heavy atom. The fourth-order valence-electron chi connectivity index (χ4n) is 2.92. The summed E-state index contributed by atoms with van der Waals surface area (Å²) in [6.07, 6.45) is 3.03. The van der Waals surface area contributed by atoms with E-state index in [2.05, 4.69) is 21.8 Å². The van der Waals surface area contributed by atoms with Gasteiger partial charge in [0.05, 0.1) is 0 Å². The van der Waals surface area contributed by atoms with Crippen molar-refractivity contribution in [1.82, 2.24) is 4.72 Å². The molecule has 0 unspecified atom stereocenters. The SMILES string of the molecule is O=S(=O)(NCCc1ccc(N2CCCC2)cc1)c1ccccc1F. The minimum absolute atomic E-state index is 0.236. The topological polar surface area (TPSA) is 49.4 Å². The van der Waals surface area contributed by atoms with E-state index >= 15 is 0 Å². The minimum atomic E-state index is -3.82. The van der Waals surface area contributed by atoms with Gasteiger partial charge in [0, 0.05) is 25.3 Å². The van der Waals surface area contributed by atoms with Gasteiger partial charge in [0.25, 0.3) is 0 Å². The normalized spacial score (nSPS) is 15.0. The summed E-state index contributed by atoms with van der Waals surface area (Å²) in [5.74, 6) is -0.736. The van der Waals surface area contributed by atoms with Gasteiger partial charge in [-0.05, 0) is 49.1 Å². The van der Waals surface area contributed by atoms with Gasteiger partial charge in [-0.1, -0.05) is 24.3 Å². The van der Waals surface area contributed by atoms with Crippen LogP contribution in [0, 0.1) is 5.82 Å². The van der Waals surface area contributed by atoms with Crippen LogP contribution >= 0.6 is 0 Å². The van der Waals surface area contributed by atoms with Crippen LogP contribution < -0.4 is 9.62 Å². The summed E-state index contributed by atoms with van der Waals surface area (Å²) in [4.78, 5) is 2.04. The van der Waals surface area contributed by atoms with Gasteiger partial charge in [-0.2, -0.15) is 0 Å². The summed E-state index contributed by atoms with van der Waals surface area (Å²) in [6.45, 7) is 2.43. The molecule has 2 aromatic rings. The summed E-state index contributed by atoms with van der Waals surface area (Å²) in [5.41, 5.74) is 2.26. The van der Waals surface area contributed by atoms with Crippen LogP contribution in [0.2, 0.25) is 0 Å². The summed E-state index contributed by atoms with van der Waals surface area (Å²) < 4.78 is 40.3. The molecule has 0 atom stereocenters. The molecule has 0 saturated carbocycles. The zero-order valence-corrected chi connectivity index (χ0v) is 14.2. The zero-order valence-electron chi connectivity index (χ0n) is 13.4. The summed E-state index contributed by atoms with van der Waals surface area (Å²) in [6, 6.07) is 13.6. The molecule has 2 aromatic carbocycles. The number of nitrogens with one attached hydrogen (secondary N) is 1. The molecule has 1 N–H and O–H groups in total. The second-order valence-electron chi connectivity index (χ2n) is 5.94. The quantitative estimate of drug-likeness (QED) is 0.873. The average molecular weight is 348 g/mol. The number of hydrogen-bond donors (Lipinski definition) is 1. The highest BCUT2D eigenvalue weighted by Crippen LogP contribution is 2.20. The lowest BCUT2D eigenvalue weighted by molar-refractivity contribution is 0.557. The van der Waals surface area contributed by atoms with E-state index in [1.54, 1.807) is 0 Å². The van der Waals surface area contributed by atoms with Crippen molar-refractivity contribution in [1.29, 1.82) is 0 Å². The van der Waals surface area contributed by atoms with Gasteiger partial charge in [-0.25, -0.2) is 17.5 Å². The standard InChI is InChI=1S/C18H21FN2O2S/c19-17-5-1-2-6-18(17)24(22,23)20-12-11-15-7-9-16(10-8-15)21-13-3-4-14-21/h1-2,5-10,20H,3-4,11-14H2. The van der Waals surface area contributed by atoms with Crippen LogP contribution in [0.5, 0.6) is 0 Å². The fourth-order valence-corrected chi connectivity index (χ4v) is 4.03. The first-order valence-electron chi connectivity index (χ1n) is 8.14. The summed E-state index contributed by atoms with van der Waals surface area (Å²) in [5, 5.41) is 0. The molecular formula is C18H21FN2O2S. The van der Waals surface area contributed by atoms with E-state index in [0.29, 0.717) is 6.42 Å². The Labute approximate surface area is 142 Å². The molecule has 1 fully saturated rings. The molecule has 0 aliphatic carbocycles. The molecular weight excluding hydrogens is 327 g/mol. The Kier molecular flexibility index (Phi) is 5.16. The Bertz CT molecular complexity index is 785. The summed E-state index contributed by atoms with van der Waals surface area (Å²) >= 11 is 0. The largest absolute Gasteiger partial charge is 0.372 e. The van der Waals surface area contributed by atoms with Crippen molar-refractivity contribution in [3.63, 3.8) is 0 Å². The van der Waals surface area contributed by atoms with Gasteiger partial charge in [-0.15, -0.1) is 0 Å². The number of halogens is 1. The molecule has 3 rings (SSSR count). The molecule has 0 spiro atoms. The monoisotopic (exact) mass is 348 g/mol. The van der Waals surface area contributed by atoms with Crippen LogP contribution in [0.15, 0.2) is 53.4 Å². The number of nitrogens with zero attached hydrogens (tertiary/aromatic N) is 1. The van der Waals surface area contributed by atoms with Gasteiger partial charge < -0.3 is 4.90 Å². The van der Waals surface area contributed by atoms with Gasteiger partial charge in [0.1, 0.15) is 10.7 Å². The van der Waals surface area contributed by atoms with Crippen molar-refractivity contribution >= 4 is 15.7 Å². The van der Waals surface area contributed by atoms with Crippen molar-refractivity contribution in [2.45, 2.75) is 24.2 Å². The fraction of sp³-hybridized carbons (Fsp3) is 0.333. The van der Waals surface area contributed by atoms with Crippen molar-refractivity contribution in [3.8, 4) is 0 Å². The lowest BCUT2D eigenvalue weighted by atomic mass is 10.1. The molecule has 4 nitrogen and oxygen atoms in total. The average Bonchev–Trinajstić information content (AvgIpc) is 3.10. The molecule has 0 aromatic heterocycles. The van der Waals surface area contributed by atoms with E-state index in [1.807, 2.05) is 12.1 Å². The third-order valence-electron chi connectivity index (χ3n) is 4.24. The smallest absolute Gasteiger partial charge is 0.243 e. The van der Waals surface area contributed by atoms with Crippen LogP contribution in [0.1, 0.15) is 18.4 Å². The Hall–Kier alpha value is -1.92. The van der Waals surface area contributed by atoms with Crippen LogP contribution in [0.3, 0.4) is 0 Å². The molecule has 1 aliphatic rings. The predicted molar refractivity (Wildman–Crippen MR) is 93.2 cm³/mol. The van der Waals surface area contributed by atoms with Crippen LogP contribution in [0.25, 0.3) is 0 Å². The highest BCUT2D eigenvalue weighted by molar-refractivity contribution is 7.89. The van der Waals surface area contributed by atoms with E-state index in [4.69, 9.17) is 0 Å². The molecule has 1 aliphatic heterocycles. The zero-order chi connectivity index (χ0) is 17.0. The van der Waals surface area contributed by atoms with Crippen LogP contribution in [-0.4, -0.2) is 28.1 Å². The van der Waals surface area contributed by atoms with Gasteiger partial charge in [0.2, 0.25) is 10.0 Å². The molecule has 6 heteroatoms. The van der Waals surface area contributed by atoms with E-state index in [1.165, 1.54) is 36.7 Å². The lowest BCUT2D eigenvalue weighted by Gasteiger charge is -2.17. The summed E-state index contributed by atoms with van der Waals surface area (Å²) in [7, 11) is -3.82. The maximum atomic E-state index is 13.6. The number of benzene rings is 2. The Balaban J connectivity index is 1.57. The highest BCUT2D eigenvalue weighted by Gasteiger charge is 2.17.